The number of hydrogen-bond acceptors (Lipinski definition) is 4. The number of rotatable bonds is 7. The molecule has 0 aliphatic carbocycles. The van der Waals surface area contributed by atoms with E-state index in [1.807, 2.05) is 0 Å². The lowest BCUT2D eigenvalue weighted by Crippen LogP contribution is -2.14. The molecule has 8 heteroatoms. The number of oxime groups is 1. The Morgan fingerprint density at radius 3 is 2.35 bits per heavy atom. The van der Waals surface area contributed by atoms with Crippen molar-refractivity contribution in [1.82, 2.24) is 0 Å². The Morgan fingerprint density at radius 1 is 1.15 bits per heavy atom. The summed E-state index contributed by atoms with van der Waals surface area (Å²) in [5, 5.41) is 11.3. The average Bonchev–Trinajstić information content (AvgIpc) is 2.41. The normalized spacial score (nSPS) is 12.4. The van der Waals surface area contributed by atoms with Crippen LogP contribution in [0.2, 0.25) is 0 Å². The second-order valence-electron chi connectivity index (χ2n) is 3.84. The number of nitrogens with zero attached hydrogens (tertiary/aromatic N) is 1. The van der Waals surface area contributed by atoms with Gasteiger partial charge < -0.3 is 20.4 Å². The molecule has 112 valence electrons. The van der Waals surface area contributed by atoms with Crippen molar-refractivity contribution in [3.05, 3.63) is 29.8 Å². The van der Waals surface area contributed by atoms with Crippen molar-refractivity contribution >= 4 is 5.84 Å². The van der Waals surface area contributed by atoms with Gasteiger partial charge in [-0.1, -0.05) is 5.16 Å². The Morgan fingerprint density at radius 2 is 1.80 bits per heavy atom. The van der Waals surface area contributed by atoms with E-state index in [1.165, 1.54) is 0 Å². The summed E-state index contributed by atoms with van der Waals surface area (Å²) in [6.45, 7) is -0.172. The highest BCUT2D eigenvalue weighted by atomic mass is 19.4. The van der Waals surface area contributed by atoms with Crippen LogP contribution in [0.15, 0.2) is 29.4 Å². The van der Waals surface area contributed by atoms with Gasteiger partial charge >= 0.3 is 6.18 Å². The van der Waals surface area contributed by atoms with E-state index in [4.69, 9.17) is 20.4 Å². The van der Waals surface area contributed by atoms with Crippen LogP contribution < -0.4 is 10.5 Å². The third-order valence-corrected chi connectivity index (χ3v) is 2.28. The second kappa shape index (κ2) is 7.59. The summed E-state index contributed by atoms with van der Waals surface area (Å²) in [6, 6.07) is 6.38. The Labute approximate surface area is 113 Å². The first-order valence-corrected chi connectivity index (χ1v) is 5.77. The molecule has 0 bridgehead atoms. The molecule has 0 saturated carbocycles. The lowest BCUT2D eigenvalue weighted by Gasteiger charge is -2.09. The van der Waals surface area contributed by atoms with Crippen LogP contribution in [0.1, 0.15) is 12.0 Å². The number of nitrogens with two attached hydrogens (primary N) is 1. The van der Waals surface area contributed by atoms with E-state index in [1.54, 1.807) is 24.3 Å². The number of benzene rings is 1. The van der Waals surface area contributed by atoms with Gasteiger partial charge in [0.25, 0.3) is 0 Å². The number of ether oxygens (including phenoxy) is 2. The van der Waals surface area contributed by atoms with E-state index in [0.29, 0.717) is 11.3 Å². The summed E-state index contributed by atoms with van der Waals surface area (Å²) in [6.07, 6.45) is -5.17. The van der Waals surface area contributed by atoms with E-state index in [-0.39, 0.29) is 25.7 Å². The van der Waals surface area contributed by atoms with Crippen molar-refractivity contribution in [2.75, 3.05) is 19.8 Å². The predicted molar refractivity (Wildman–Crippen MR) is 65.9 cm³/mol. The molecule has 3 N–H and O–H groups in total. The zero-order valence-corrected chi connectivity index (χ0v) is 10.6. The molecule has 0 unspecified atom stereocenters. The van der Waals surface area contributed by atoms with Gasteiger partial charge in [-0.2, -0.15) is 13.2 Å². The van der Waals surface area contributed by atoms with Crippen molar-refractivity contribution in [3.8, 4) is 5.75 Å². The Bertz CT molecular complexity index is 433. The fraction of sp³-hybridized carbons (Fsp3) is 0.417. The van der Waals surface area contributed by atoms with Gasteiger partial charge in [0.2, 0.25) is 0 Å². The quantitative estimate of drug-likeness (QED) is 0.265. The molecule has 0 atom stereocenters. The molecule has 0 saturated heterocycles. The highest BCUT2D eigenvalue weighted by Crippen LogP contribution is 2.18. The molecule has 1 rings (SSSR count). The summed E-state index contributed by atoms with van der Waals surface area (Å²) >= 11 is 0. The van der Waals surface area contributed by atoms with E-state index in [9.17, 15) is 13.2 Å². The van der Waals surface area contributed by atoms with Crippen LogP contribution in [0.25, 0.3) is 0 Å². The van der Waals surface area contributed by atoms with Crippen LogP contribution in [-0.4, -0.2) is 37.0 Å². The van der Waals surface area contributed by atoms with Gasteiger partial charge in [-0.05, 0) is 24.3 Å². The summed E-state index contributed by atoms with van der Waals surface area (Å²) < 4.78 is 45.5. The van der Waals surface area contributed by atoms with Gasteiger partial charge in [-0.3, -0.25) is 0 Å². The molecule has 0 heterocycles. The van der Waals surface area contributed by atoms with E-state index < -0.39 is 12.6 Å². The SMILES string of the molecule is N/C(=N/O)c1ccc(OCCOCCC(F)(F)F)cc1. The van der Waals surface area contributed by atoms with E-state index in [0.717, 1.165) is 0 Å². The predicted octanol–water partition coefficient (Wildman–Crippen LogP) is 2.13. The minimum absolute atomic E-state index is 0.0213. The Hall–Kier alpha value is -1.96. The highest BCUT2D eigenvalue weighted by Gasteiger charge is 2.26. The lowest BCUT2D eigenvalue weighted by molar-refractivity contribution is -0.145. The van der Waals surface area contributed by atoms with Crippen LogP contribution in [-0.2, 0) is 4.74 Å². The molecule has 0 radical (unpaired) electrons. The summed E-state index contributed by atoms with van der Waals surface area (Å²) in [4.78, 5) is 0. The molecule has 0 aliphatic heterocycles. The second-order valence-corrected chi connectivity index (χ2v) is 3.84. The number of halogens is 3. The number of amidine groups is 1. The number of alkyl halides is 3. The Kier molecular flexibility index (Phi) is 6.10. The smallest absolute Gasteiger partial charge is 0.391 e. The molecule has 0 aliphatic rings. The molecular weight excluding hydrogens is 277 g/mol. The largest absolute Gasteiger partial charge is 0.491 e. The van der Waals surface area contributed by atoms with Crippen molar-refractivity contribution in [3.63, 3.8) is 0 Å². The maximum Gasteiger partial charge on any atom is 0.391 e. The van der Waals surface area contributed by atoms with Crippen LogP contribution in [0.3, 0.4) is 0 Å². The lowest BCUT2D eigenvalue weighted by atomic mass is 10.2. The maximum absolute atomic E-state index is 11.8. The van der Waals surface area contributed by atoms with Gasteiger partial charge in [0.1, 0.15) is 12.4 Å². The zero-order chi connectivity index (χ0) is 15.0. The first kappa shape index (κ1) is 16.1. The van der Waals surface area contributed by atoms with Crippen LogP contribution in [0.5, 0.6) is 5.75 Å². The molecule has 0 aromatic heterocycles. The zero-order valence-electron chi connectivity index (χ0n) is 10.6. The molecule has 20 heavy (non-hydrogen) atoms. The van der Waals surface area contributed by atoms with Gasteiger partial charge in [-0.15, -0.1) is 0 Å². The molecular formula is C12H15F3N2O3. The monoisotopic (exact) mass is 292 g/mol. The third kappa shape index (κ3) is 6.28. The van der Waals surface area contributed by atoms with Gasteiger partial charge in [0.05, 0.1) is 19.6 Å². The molecule has 1 aromatic carbocycles. The number of hydrogen-bond donors (Lipinski definition) is 2. The minimum atomic E-state index is -4.20. The molecule has 0 spiro atoms. The Balaban J connectivity index is 2.23. The van der Waals surface area contributed by atoms with Crippen molar-refractivity contribution in [1.29, 1.82) is 0 Å². The summed E-state index contributed by atoms with van der Waals surface area (Å²) in [5.41, 5.74) is 5.91. The van der Waals surface area contributed by atoms with E-state index >= 15 is 0 Å². The van der Waals surface area contributed by atoms with Crippen molar-refractivity contribution in [2.24, 2.45) is 10.9 Å². The van der Waals surface area contributed by atoms with Crippen LogP contribution in [0.4, 0.5) is 13.2 Å². The molecule has 1 aromatic rings. The summed E-state index contributed by atoms with van der Waals surface area (Å²) in [5.74, 6) is 0.492. The topological polar surface area (TPSA) is 77.1 Å². The fourth-order valence-corrected chi connectivity index (χ4v) is 1.29. The van der Waals surface area contributed by atoms with Crippen LogP contribution in [0, 0.1) is 0 Å². The van der Waals surface area contributed by atoms with Gasteiger partial charge in [0.15, 0.2) is 5.84 Å². The molecule has 5 nitrogen and oxygen atoms in total. The fourth-order valence-electron chi connectivity index (χ4n) is 1.29. The average molecular weight is 292 g/mol. The first-order chi connectivity index (χ1) is 9.42. The molecule has 0 amide bonds. The first-order valence-electron chi connectivity index (χ1n) is 5.77. The summed E-state index contributed by atoms with van der Waals surface area (Å²) in [7, 11) is 0. The molecule has 0 fully saturated rings. The standard InChI is InChI=1S/C12H15F3N2O3/c13-12(14,15)5-6-19-7-8-20-10-3-1-9(2-4-10)11(16)17-18/h1-4,18H,5-8H2,(H2,16,17). The minimum Gasteiger partial charge on any atom is -0.491 e. The van der Waals surface area contributed by atoms with Gasteiger partial charge in [0, 0.05) is 5.56 Å². The highest BCUT2D eigenvalue weighted by molar-refractivity contribution is 5.97. The van der Waals surface area contributed by atoms with Crippen molar-refractivity contribution < 1.29 is 27.9 Å². The van der Waals surface area contributed by atoms with Crippen molar-refractivity contribution in [2.45, 2.75) is 12.6 Å². The van der Waals surface area contributed by atoms with Gasteiger partial charge in [-0.25, -0.2) is 0 Å². The third-order valence-electron chi connectivity index (χ3n) is 2.28. The maximum atomic E-state index is 11.8. The van der Waals surface area contributed by atoms with E-state index in [2.05, 4.69) is 5.16 Å². The van der Waals surface area contributed by atoms with Crippen LogP contribution >= 0.6 is 0 Å².